The zero-order chi connectivity index (χ0) is 15.7. The molecule has 3 aromatic rings. The summed E-state index contributed by atoms with van der Waals surface area (Å²) in [6, 6.07) is 9.23. The molecule has 0 unspecified atom stereocenters. The van der Waals surface area contributed by atoms with Gasteiger partial charge in [0.2, 0.25) is 17.7 Å². The van der Waals surface area contributed by atoms with Gasteiger partial charge in [-0.05, 0) is 12.1 Å². The fourth-order valence-electron chi connectivity index (χ4n) is 2.11. The first-order chi connectivity index (χ1) is 10.6. The number of carbonyl (C=O) groups is 1. The minimum absolute atomic E-state index is 0.0518. The van der Waals surface area contributed by atoms with Gasteiger partial charge in [-0.3, -0.25) is 19.9 Å². The van der Waals surface area contributed by atoms with Crippen molar-refractivity contribution in [2.24, 2.45) is 0 Å². The minimum atomic E-state index is -0.457. The van der Waals surface area contributed by atoms with Crippen LogP contribution in [0, 0.1) is 0 Å². The summed E-state index contributed by atoms with van der Waals surface area (Å²) >= 11 is 0. The second-order valence-corrected chi connectivity index (χ2v) is 4.55. The standard InChI is InChI=1S/C14H13N5O3/c1-8(20)15-14-16-11-10(12(21)17-14)18-19(13(11)22-2)9-6-4-3-5-7-9/h3-7H,1-2H3,(H2,15,16,17,20,21). The van der Waals surface area contributed by atoms with Crippen molar-refractivity contribution in [1.82, 2.24) is 19.7 Å². The molecule has 22 heavy (non-hydrogen) atoms. The molecule has 0 atom stereocenters. The summed E-state index contributed by atoms with van der Waals surface area (Å²) in [6.45, 7) is 1.33. The molecule has 1 amide bonds. The summed E-state index contributed by atoms with van der Waals surface area (Å²) in [6.07, 6.45) is 0. The van der Waals surface area contributed by atoms with Crippen LogP contribution < -0.4 is 15.6 Å². The van der Waals surface area contributed by atoms with E-state index in [0.717, 1.165) is 5.69 Å². The number of nitrogens with one attached hydrogen (secondary N) is 2. The van der Waals surface area contributed by atoms with Gasteiger partial charge in [-0.2, -0.15) is 9.78 Å². The predicted molar refractivity (Wildman–Crippen MR) is 80.3 cm³/mol. The first-order valence-electron chi connectivity index (χ1n) is 6.50. The van der Waals surface area contributed by atoms with Gasteiger partial charge in [0.05, 0.1) is 12.8 Å². The van der Waals surface area contributed by atoms with Gasteiger partial charge in [-0.15, -0.1) is 0 Å². The lowest BCUT2D eigenvalue weighted by Crippen LogP contribution is -2.16. The average molecular weight is 299 g/mol. The fraction of sp³-hybridized carbons (Fsp3) is 0.143. The molecule has 0 aliphatic carbocycles. The number of rotatable bonds is 3. The van der Waals surface area contributed by atoms with Gasteiger partial charge in [0, 0.05) is 6.92 Å². The number of para-hydroxylation sites is 1. The number of fused-ring (bicyclic) bond motifs is 1. The van der Waals surface area contributed by atoms with Gasteiger partial charge >= 0.3 is 0 Å². The number of aromatic amines is 1. The van der Waals surface area contributed by atoms with Gasteiger partial charge in [0.25, 0.3) is 5.56 Å². The van der Waals surface area contributed by atoms with Crippen molar-refractivity contribution in [3.8, 4) is 11.6 Å². The lowest BCUT2D eigenvalue weighted by atomic mass is 10.3. The van der Waals surface area contributed by atoms with Crippen LogP contribution in [0.3, 0.4) is 0 Å². The van der Waals surface area contributed by atoms with Crippen LogP contribution >= 0.6 is 0 Å². The molecule has 0 saturated carbocycles. The van der Waals surface area contributed by atoms with Gasteiger partial charge in [-0.1, -0.05) is 18.2 Å². The number of methoxy groups -OCH3 is 1. The maximum atomic E-state index is 12.1. The lowest BCUT2D eigenvalue weighted by molar-refractivity contribution is -0.114. The molecule has 2 N–H and O–H groups in total. The monoisotopic (exact) mass is 299 g/mol. The summed E-state index contributed by atoms with van der Waals surface area (Å²) in [5, 5.41) is 6.69. The van der Waals surface area contributed by atoms with Crippen LogP contribution in [0.15, 0.2) is 35.1 Å². The molecule has 2 heterocycles. The van der Waals surface area contributed by atoms with Crippen LogP contribution in [-0.4, -0.2) is 32.8 Å². The summed E-state index contributed by atoms with van der Waals surface area (Å²) < 4.78 is 6.83. The first-order valence-corrected chi connectivity index (χ1v) is 6.50. The Morgan fingerprint density at radius 1 is 1.27 bits per heavy atom. The Morgan fingerprint density at radius 3 is 2.64 bits per heavy atom. The second kappa shape index (κ2) is 5.32. The number of nitrogens with zero attached hydrogens (tertiary/aromatic N) is 3. The molecule has 112 valence electrons. The van der Waals surface area contributed by atoms with Crippen LogP contribution in [0.4, 0.5) is 5.95 Å². The molecule has 0 aliphatic rings. The molecular weight excluding hydrogens is 286 g/mol. The molecule has 8 nitrogen and oxygen atoms in total. The van der Waals surface area contributed by atoms with E-state index in [2.05, 4.69) is 20.4 Å². The Kier molecular flexibility index (Phi) is 3.34. The van der Waals surface area contributed by atoms with Crippen LogP contribution in [-0.2, 0) is 4.79 Å². The molecule has 0 radical (unpaired) electrons. The number of anilines is 1. The Labute approximate surface area is 124 Å². The second-order valence-electron chi connectivity index (χ2n) is 4.55. The fourth-order valence-corrected chi connectivity index (χ4v) is 2.11. The Balaban J connectivity index is 2.26. The van der Waals surface area contributed by atoms with E-state index in [1.807, 2.05) is 30.3 Å². The van der Waals surface area contributed by atoms with Crippen molar-refractivity contribution in [3.63, 3.8) is 0 Å². The van der Waals surface area contributed by atoms with E-state index in [1.165, 1.54) is 18.7 Å². The topological polar surface area (TPSA) is 102 Å². The highest BCUT2D eigenvalue weighted by atomic mass is 16.5. The maximum absolute atomic E-state index is 12.1. The van der Waals surface area contributed by atoms with Crippen molar-refractivity contribution in [2.45, 2.75) is 6.92 Å². The zero-order valence-corrected chi connectivity index (χ0v) is 12.0. The summed E-state index contributed by atoms with van der Waals surface area (Å²) in [7, 11) is 1.47. The van der Waals surface area contributed by atoms with Crippen molar-refractivity contribution < 1.29 is 9.53 Å². The number of hydrogen-bond acceptors (Lipinski definition) is 5. The predicted octanol–water partition coefficient (Wildman–Crippen LogP) is 1.08. The first kappa shape index (κ1) is 13.8. The molecule has 0 aliphatic heterocycles. The summed E-state index contributed by atoms with van der Waals surface area (Å²) in [5.41, 5.74) is 0.688. The van der Waals surface area contributed by atoms with Gasteiger partial charge in [0.1, 0.15) is 0 Å². The van der Waals surface area contributed by atoms with Crippen LogP contribution in [0.25, 0.3) is 16.7 Å². The Morgan fingerprint density at radius 2 is 2.00 bits per heavy atom. The molecular formula is C14H13N5O3. The number of benzene rings is 1. The number of amides is 1. The van der Waals surface area contributed by atoms with E-state index < -0.39 is 5.56 Å². The highest BCUT2D eigenvalue weighted by molar-refractivity contribution is 5.88. The highest BCUT2D eigenvalue weighted by Crippen LogP contribution is 2.25. The van der Waals surface area contributed by atoms with Gasteiger partial charge in [-0.25, -0.2) is 4.98 Å². The van der Waals surface area contributed by atoms with E-state index in [9.17, 15) is 9.59 Å². The van der Waals surface area contributed by atoms with Crippen LogP contribution in [0.1, 0.15) is 6.92 Å². The normalized spacial score (nSPS) is 10.6. The third-order valence-electron chi connectivity index (χ3n) is 2.98. The third kappa shape index (κ3) is 2.30. The Hall–Kier alpha value is -3.16. The molecule has 0 fully saturated rings. The van der Waals surface area contributed by atoms with Crippen LogP contribution in [0.2, 0.25) is 0 Å². The van der Waals surface area contributed by atoms with E-state index in [-0.39, 0.29) is 22.9 Å². The van der Waals surface area contributed by atoms with E-state index in [4.69, 9.17) is 4.74 Å². The van der Waals surface area contributed by atoms with Crippen LogP contribution in [0.5, 0.6) is 5.88 Å². The number of H-pyrrole nitrogens is 1. The highest BCUT2D eigenvalue weighted by Gasteiger charge is 2.18. The van der Waals surface area contributed by atoms with Gasteiger partial charge in [0.15, 0.2) is 11.0 Å². The summed E-state index contributed by atoms with van der Waals surface area (Å²) in [5.74, 6) is 0.0340. The maximum Gasteiger partial charge on any atom is 0.280 e. The third-order valence-corrected chi connectivity index (χ3v) is 2.98. The number of aromatic nitrogens is 4. The van der Waals surface area contributed by atoms with Gasteiger partial charge < -0.3 is 4.74 Å². The zero-order valence-electron chi connectivity index (χ0n) is 12.0. The van der Waals surface area contributed by atoms with Crippen molar-refractivity contribution >= 4 is 22.9 Å². The Bertz CT molecular complexity index is 898. The van der Waals surface area contributed by atoms with Crippen molar-refractivity contribution in [3.05, 3.63) is 40.7 Å². The number of carbonyl (C=O) groups excluding carboxylic acids is 1. The number of hydrogen-bond donors (Lipinski definition) is 2. The molecule has 8 heteroatoms. The lowest BCUT2D eigenvalue weighted by Gasteiger charge is -2.05. The largest absolute Gasteiger partial charge is 0.479 e. The quantitative estimate of drug-likeness (QED) is 0.753. The smallest absolute Gasteiger partial charge is 0.280 e. The molecule has 2 aromatic heterocycles. The van der Waals surface area contributed by atoms with E-state index in [1.54, 1.807) is 0 Å². The molecule has 3 rings (SSSR count). The van der Waals surface area contributed by atoms with Crippen molar-refractivity contribution in [1.29, 1.82) is 0 Å². The van der Waals surface area contributed by atoms with Crippen molar-refractivity contribution in [2.75, 3.05) is 12.4 Å². The molecule has 1 aromatic carbocycles. The average Bonchev–Trinajstić information content (AvgIpc) is 2.86. The number of ether oxygens (including phenoxy) is 1. The molecule has 0 bridgehead atoms. The van der Waals surface area contributed by atoms with E-state index >= 15 is 0 Å². The molecule has 0 spiro atoms. The molecule has 0 saturated heterocycles. The summed E-state index contributed by atoms with van der Waals surface area (Å²) in [4.78, 5) is 29.9. The minimum Gasteiger partial charge on any atom is -0.479 e. The SMILES string of the molecule is COc1c2nc(NC(C)=O)[nH]c(=O)c2nn1-c1ccccc1. The van der Waals surface area contributed by atoms with E-state index in [0.29, 0.717) is 5.88 Å².